The van der Waals surface area contributed by atoms with Crippen LogP contribution in [0.25, 0.3) is 11.1 Å². The molecule has 0 fully saturated rings. The Kier molecular flexibility index (Phi) is 15.0. The summed E-state index contributed by atoms with van der Waals surface area (Å²) in [7, 11) is 0. The van der Waals surface area contributed by atoms with Crippen molar-refractivity contribution in [2.75, 3.05) is 0 Å². The third-order valence-electron chi connectivity index (χ3n) is 8.05. The first kappa shape index (κ1) is 41.1. The van der Waals surface area contributed by atoms with Gasteiger partial charge in [0.05, 0.1) is 0 Å². The zero-order chi connectivity index (χ0) is 33.6. The average molecular weight is 842 g/mol. The molecule has 0 aromatic heterocycles. The number of Topliss-reactive ketones (excluding diaryl/α,β-unsaturated/α-hetero) is 2. The maximum Gasteiger partial charge on any atom is -1.00 e. The van der Waals surface area contributed by atoms with Gasteiger partial charge in [-0.15, -0.1) is 11.1 Å². The number of ketones is 2. The molecule has 0 atom stereocenters. The van der Waals surface area contributed by atoms with Crippen LogP contribution in [0.15, 0.2) is 109 Å². The Morgan fingerprint density at radius 3 is 1.62 bits per heavy atom. The minimum atomic E-state index is -0.156. The molecule has 5 aromatic carbocycles. The Morgan fingerprint density at radius 1 is 0.688 bits per heavy atom. The molecule has 48 heavy (non-hydrogen) atoms. The van der Waals surface area contributed by atoms with Crippen LogP contribution in [-0.4, -0.2) is 14.8 Å². The van der Waals surface area contributed by atoms with Crippen molar-refractivity contribution in [1.29, 1.82) is 0 Å². The Morgan fingerprint density at radius 2 is 1.21 bits per heavy atom. The normalized spacial score (nSPS) is 11.2. The molecule has 0 aliphatic heterocycles. The average Bonchev–Trinajstić information content (AvgIpc) is 3.61. The molecule has 1 aliphatic rings. The van der Waals surface area contributed by atoms with Crippen molar-refractivity contribution in [2.24, 2.45) is 0 Å². The Balaban J connectivity index is 0.000000270. The van der Waals surface area contributed by atoms with E-state index in [1.165, 1.54) is 44.5 Å². The third kappa shape index (κ3) is 10.7. The van der Waals surface area contributed by atoms with Crippen LogP contribution in [0.2, 0.25) is 0 Å². The van der Waals surface area contributed by atoms with Gasteiger partial charge in [-0.1, -0.05) is 79.2 Å². The van der Waals surface area contributed by atoms with Crippen molar-refractivity contribution in [1.82, 2.24) is 0 Å². The van der Waals surface area contributed by atoms with E-state index in [4.69, 9.17) is 0 Å². The van der Waals surface area contributed by atoms with Gasteiger partial charge in [-0.05, 0) is 28.4 Å². The summed E-state index contributed by atoms with van der Waals surface area (Å²) in [6, 6.07) is 39.4. The molecule has 0 N–H and O–H groups in total. The first-order valence-electron chi connectivity index (χ1n) is 15.8. The zero-order valence-corrected chi connectivity index (χ0v) is 34.3. The zero-order valence-electron chi connectivity index (χ0n) is 29.2. The third-order valence-corrected chi connectivity index (χ3v) is 9.69. The minimum absolute atomic E-state index is 0. The van der Waals surface area contributed by atoms with E-state index in [0.29, 0.717) is 38.3 Å². The van der Waals surface area contributed by atoms with Crippen LogP contribution in [0.5, 0.6) is 0 Å². The van der Waals surface area contributed by atoms with Gasteiger partial charge in [0.2, 0.25) is 0 Å². The van der Waals surface area contributed by atoms with Gasteiger partial charge in [0.1, 0.15) is 0 Å². The summed E-state index contributed by atoms with van der Waals surface area (Å²) in [5.74, 6) is -0.313. The van der Waals surface area contributed by atoms with E-state index in [9.17, 15) is 9.59 Å². The van der Waals surface area contributed by atoms with E-state index in [1.54, 1.807) is 48.5 Å². The molecule has 1 aliphatic carbocycles. The topological polar surface area (TPSA) is 34.1 Å². The second kappa shape index (κ2) is 17.5. The summed E-state index contributed by atoms with van der Waals surface area (Å²) >= 11 is 0.444. The molecule has 0 amide bonds. The van der Waals surface area contributed by atoms with Crippen molar-refractivity contribution in [2.45, 2.75) is 72.6 Å². The number of carbonyl (C=O) groups excluding carboxylic acids is 2. The van der Waals surface area contributed by atoms with E-state index in [0.717, 1.165) is 6.42 Å². The molecule has 0 bridgehead atoms. The van der Waals surface area contributed by atoms with Gasteiger partial charge in [0.25, 0.3) is 0 Å². The van der Waals surface area contributed by atoms with Crippen LogP contribution in [0, 0.1) is 19.9 Å². The molecule has 0 saturated carbocycles. The minimum Gasteiger partial charge on any atom is -1.00 e. The predicted octanol–water partition coefficient (Wildman–Crippen LogP) is 4.15. The fourth-order valence-electron chi connectivity index (χ4n) is 5.32. The number of carbonyl (C=O) groups is 2. The number of hydrogen-bond acceptors (Lipinski definition) is 2. The molecule has 6 rings (SSSR count). The van der Waals surface area contributed by atoms with Crippen LogP contribution in [0.1, 0.15) is 95.6 Å². The Hall–Kier alpha value is -3.11. The van der Waals surface area contributed by atoms with Crippen molar-refractivity contribution in [3.05, 3.63) is 160 Å². The van der Waals surface area contributed by atoms with E-state index < -0.39 is 0 Å². The Bertz CT molecular complexity index is 1710. The molecule has 0 radical (unpaired) electrons. The van der Waals surface area contributed by atoms with Crippen molar-refractivity contribution >= 4 is 14.8 Å². The number of benzene rings is 4. The quantitative estimate of drug-likeness (QED) is 0.116. The summed E-state index contributed by atoms with van der Waals surface area (Å²) in [6.07, 6.45) is 1.03. The van der Waals surface area contributed by atoms with Crippen molar-refractivity contribution < 1.29 is 58.3 Å². The number of hydrogen-bond donors (Lipinski definition) is 0. The molecule has 0 spiro atoms. The second-order valence-corrected chi connectivity index (χ2v) is 15.8. The molecule has 0 saturated heterocycles. The smallest absolute Gasteiger partial charge is 1.00 e. The van der Waals surface area contributed by atoms with Crippen LogP contribution in [0.4, 0.5) is 0 Å². The SMILES string of the molecule is CC(C)(C)c1[c-]c2c(cc1)-c1ccc(C(C)(C)C)cc1C2.Cc1c[cH-]c(C)c1.O=C([C](=[Hf+2])C(=O)c1ccccc1)c1ccccc1.[Cl-].[Cl-]. The van der Waals surface area contributed by atoms with Gasteiger partial charge in [-0.3, -0.25) is 0 Å². The maximum atomic E-state index is 12.1. The summed E-state index contributed by atoms with van der Waals surface area (Å²) in [5.41, 5.74) is 12.6. The van der Waals surface area contributed by atoms with Crippen LogP contribution in [-0.2, 0) is 41.1 Å². The summed E-state index contributed by atoms with van der Waals surface area (Å²) in [6.45, 7) is 17.8. The Labute approximate surface area is 314 Å². The maximum absolute atomic E-state index is 12.1. The van der Waals surface area contributed by atoms with Gasteiger partial charge >= 0.3 is 120 Å². The number of rotatable bonds is 4. The van der Waals surface area contributed by atoms with Crippen molar-refractivity contribution in [3.8, 4) is 11.1 Å². The second-order valence-electron chi connectivity index (χ2n) is 14.0. The molecule has 5 heteroatoms. The molecule has 0 unspecified atom stereocenters. The molecule has 248 valence electrons. The first-order valence-corrected chi connectivity index (χ1v) is 17.6. The number of fused-ring (bicyclic) bond motifs is 3. The van der Waals surface area contributed by atoms with Gasteiger partial charge in [0.15, 0.2) is 0 Å². The number of aryl methyl sites for hydroxylation is 2. The van der Waals surface area contributed by atoms with E-state index in [1.807, 2.05) is 12.1 Å². The van der Waals surface area contributed by atoms with E-state index in [2.05, 4.69) is 110 Å². The number of halogens is 2. The van der Waals surface area contributed by atoms with E-state index >= 15 is 0 Å². The molecule has 0 heterocycles. The summed E-state index contributed by atoms with van der Waals surface area (Å²) in [4.78, 5) is 24.3. The molecule has 2 nitrogen and oxygen atoms in total. The van der Waals surface area contributed by atoms with Crippen molar-refractivity contribution in [3.63, 3.8) is 0 Å². The fraction of sp³-hybridized carbons (Fsp3) is 0.256. The van der Waals surface area contributed by atoms with Crippen LogP contribution >= 0.6 is 0 Å². The first-order chi connectivity index (χ1) is 21.6. The van der Waals surface area contributed by atoms with Gasteiger partial charge in [-0.2, -0.15) is 41.5 Å². The van der Waals surface area contributed by atoms with Gasteiger partial charge in [-0.25, -0.2) is 11.6 Å². The summed E-state index contributed by atoms with van der Waals surface area (Å²) in [5, 5.41) is 0. The standard InChI is InChI=1S/C21H25.C15H10O2.C7H9.2ClH.Hf/c1-20(2,3)16-7-9-18-14(12-16)11-15-13-17(21(4,5)6)8-10-19(15)18;16-14(12-7-3-1-4-8-12)11-15(17)13-9-5-2-6-10-13;1-6-3-4-7(2)5-6;;;/h7-10,12H,11H2,1-6H3;1-10H;3-5H,1-2H3;2*1H;/q-1;;-1;;;+2/p-2. The van der Waals surface area contributed by atoms with Gasteiger partial charge in [0, 0.05) is 0 Å². The molecule has 5 aromatic rings. The largest absolute Gasteiger partial charge is 1.00 e. The van der Waals surface area contributed by atoms with Crippen LogP contribution in [0.3, 0.4) is 0 Å². The fourth-order valence-corrected chi connectivity index (χ4v) is 6.35. The monoisotopic (exact) mass is 842 g/mol. The predicted molar refractivity (Wildman–Crippen MR) is 189 cm³/mol. The van der Waals surface area contributed by atoms with E-state index in [-0.39, 0.29) is 47.2 Å². The molecular formula is C43H44Cl2HfO2-2. The van der Waals surface area contributed by atoms with Crippen LogP contribution < -0.4 is 24.8 Å². The summed E-state index contributed by atoms with van der Waals surface area (Å²) < 4.78 is 0.382. The van der Waals surface area contributed by atoms with Gasteiger partial charge < -0.3 is 24.8 Å². The molecular weight excluding hydrogens is 798 g/mol.